The molecular weight excluding hydrogens is 302 g/mol. The Labute approximate surface area is 114 Å². The minimum Gasteiger partial charge on any atom is -0.482 e. The molecule has 0 aliphatic carbocycles. The van der Waals surface area contributed by atoms with Crippen molar-refractivity contribution in [2.75, 3.05) is 31.9 Å². The first-order valence-electron chi connectivity index (χ1n) is 5.53. The first-order valence-corrected chi connectivity index (χ1v) is 6.65. The number of ether oxygens (including phenoxy) is 2. The molecule has 0 radical (unpaired) electrons. The zero-order valence-corrected chi connectivity index (χ0v) is 11.5. The molecule has 6 heteroatoms. The Morgan fingerprint density at radius 3 is 2.94 bits per heavy atom. The van der Waals surface area contributed by atoms with E-state index >= 15 is 0 Å². The fraction of sp³-hybridized carbons (Fsp3) is 0.417. The van der Waals surface area contributed by atoms with Gasteiger partial charge in [-0.2, -0.15) is 0 Å². The number of aliphatic hydroxyl groups excluding tert-OH is 1. The predicted molar refractivity (Wildman–Crippen MR) is 71.1 cm³/mol. The lowest BCUT2D eigenvalue weighted by atomic mass is 10.2. The third kappa shape index (κ3) is 5.48. The van der Waals surface area contributed by atoms with Gasteiger partial charge >= 0.3 is 0 Å². The van der Waals surface area contributed by atoms with Gasteiger partial charge in [-0.25, -0.2) is 0 Å². The van der Waals surface area contributed by atoms with Crippen LogP contribution in [0.5, 0.6) is 5.75 Å². The monoisotopic (exact) mass is 317 g/mol. The van der Waals surface area contributed by atoms with Gasteiger partial charge in [0, 0.05) is 12.1 Å². The fourth-order valence-corrected chi connectivity index (χ4v) is 1.56. The van der Waals surface area contributed by atoms with Crippen LogP contribution in [0.25, 0.3) is 0 Å². The van der Waals surface area contributed by atoms with Crippen molar-refractivity contribution >= 4 is 21.8 Å². The number of halogens is 1. The molecule has 18 heavy (non-hydrogen) atoms. The zero-order valence-electron chi connectivity index (χ0n) is 9.89. The molecule has 1 aromatic carbocycles. The van der Waals surface area contributed by atoms with Crippen LogP contribution in [0.3, 0.4) is 0 Å². The third-order valence-electron chi connectivity index (χ3n) is 2.09. The van der Waals surface area contributed by atoms with E-state index in [1.807, 2.05) is 0 Å². The summed E-state index contributed by atoms with van der Waals surface area (Å²) in [6.07, 6.45) is 0. The topological polar surface area (TPSA) is 67.8 Å². The van der Waals surface area contributed by atoms with Crippen LogP contribution in [0, 0.1) is 0 Å². The highest BCUT2D eigenvalue weighted by molar-refractivity contribution is 9.09. The normalized spacial score (nSPS) is 10.1. The summed E-state index contributed by atoms with van der Waals surface area (Å²) in [5, 5.41) is 11.2. The largest absolute Gasteiger partial charge is 0.482 e. The van der Waals surface area contributed by atoms with E-state index in [1.54, 1.807) is 24.3 Å². The van der Waals surface area contributed by atoms with Crippen LogP contribution in [0.2, 0.25) is 0 Å². The molecule has 0 heterocycles. The van der Waals surface area contributed by atoms with Crippen molar-refractivity contribution in [2.45, 2.75) is 0 Å². The molecule has 0 fully saturated rings. The van der Waals surface area contributed by atoms with E-state index in [9.17, 15) is 4.79 Å². The molecule has 0 atom stereocenters. The van der Waals surface area contributed by atoms with Crippen molar-refractivity contribution in [3.05, 3.63) is 29.8 Å². The van der Waals surface area contributed by atoms with Gasteiger partial charge in [-0.3, -0.25) is 4.79 Å². The molecule has 0 saturated carbocycles. The van der Waals surface area contributed by atoms with Crippen molar-refractivity contribution in [3.63, 3.8) is 0 Å². The Morgan fingerprint density at radius 2 is 2.22 bits per heavy atom. The highest BCUT2D eigenvalue weighted by atomic mass is 79.9. The van der Waals surface area contributed by atoms with Crippen molar-refractivity contribution in [2.24, 2.45) is 0 Å². The lowest BCUT2D eigenvalue weighted by Crippen LogP contribution is -2.27. The van der Waals surface area contributed by atoms with Gasteiger partial charge in [-0.05, 0) is 34.1 Å². The zero-order chi connectivity index (χ0) is 13.2. The van der Waals surface area contributed by atoms with Gasteiger partial charge in [-0.15, -0.1) is 0 Å². The van der Waals surface area contributed by atoms with Crippen LogP contribution >= 0.6 is 15.9 Å². The van der Waals surface area contributed by atoms with Crippen molar-refractivity contribution in [1.82, 2.24) is 5.32 Å². The van der Waals surface area contributed by atoms with Crippen molar-refractivity contribution in [3.8, 4) is 5.75 Å². The molecule has 1 aromatic rings. The lowest BCUT2D eigenvalue weighted by Gasteiger charge is -2.07. The summed E-state index contributed by atoms with van der Waals surface area (Å²) in [6.45, 7) is 1.05. The van der Waals surface area contributed by atoms with Crippen molar-refractivity contribution in [1.29, 1.82) is 0 Å². The van der Waals surface area contributed by atoms with Crippen LogP contribution in [0.15, 0.2) is 24.3 Å². The highest BCUT2D eigenvalue weighted by Gasteiger charge is 2.05. The minimum absolute atomic E-state index is 0.0140. The Kier molecular flexibility index (Phi) is 7.40. The molecule has 0 saturated heterocycles. The van der Waals surface area contributed by atoms with E-state index in [2.05, 4.69) is 21.2 Å². The second kappa shape index (κ2) is 8.91. The standard InChI is InChI=1S/C12H16BrNO4/c13-9-18-11-3-1-2-10(8-11)12(16)14-4-6-17-7-5-15/h1-3,8,15H,4-7,9H2,(H,14,16). The molecule has 0 unspecified atom stereocenters. The van der Waals surface area contributed by atoms with E-state index in [1.165, 1.54) is 0 Å². The molecular formula is C12H16BrNO4. The maximum Gasteiger partial charge on any atom is 0.251 e. The number of rotatable bonds is 8. The number of alkyl halides is 1. The summed E-state index contributed by atoms with van der Waals surface area (Å²) in [7, 11) is 0. The molecule has 1 rings (SSSR count). The van der Waals surface area contributed by atoms with Crippen LogP contribution in [0.4, 0.5) is 0 Å². The van der Waals surface area contributed by atoms with Crippen molar-refractivity contribution < 1.29 is 19.4 Å². The van der Waals surface area contributed by atoms with Gasteiger partial charge in [-0.1, -0.05) is 6.07 Å². The van der Waals surface area contributed by atoms with Gasteiger partial charge in [0.05, 0.1) is 19.8 Å². The van der Waals surface area contributed by atoms with Crippen LogP contribution in [0.1, 0.15) is 10.4 Å². The number of hydrogen-bond donors (Lipinski definition) is 2. The first kappa shape index (κ1) is 14.9. The summed E-state index contributed by atoms with van der Waals surface area (Å²) in [4.78, 5) is 11.8. The molecule has 0 aliphatic rings. The number of nitrogens with one attached hydrogen (secondary N) is 1. The number of benzene rings is 1. The summed E-state index contributed by atoms with van der Waals surface area (Å²) in [6, 6.07) is 6.92. The number of aliphatic hydroxyl groups is 1. The summed E-state index contributed by atoms with van der Waals surface area (Å²) >= 11 is 3.15. The quantitative estimate of drug-likeness (QED) is 0.557. The Morgan fingerprint density at radius 1 is 1.39 bits per heavy atom. The Bertz CT molecular complexity index is 373. The lowest BCUT2D eigenvalue weighted by molar-refractivity contribution is 0.0838. The fourth-order valence-electron chi connectivity index (χ4n) is 1.30. The van der Waals surface area contributed by atoms with Gasteiger partial charge in [0.15, 0.2) is 0 Å². The maximum atomic E-state index is 11.8. The number of carbonyl (C=O) groups is 1. The average molecular weight is 318 g/mol. The first-order chi connectivity index (χ1) is 8.77. The second-order valence-electron chi connectivity index (χ2n) is 3.37. The molecule has 5 nitrogen and oxygen atoms in total. The number of hydrogen-bond acceptors (Lipinski definition) is 4. The molecule has 100 valence electrons. The van der Waals surface area contributed by atoms with Gasteiger partial charge in [0.25, 0.3) is 5.91 Å². The van der Waals surface area contributed by atoms with E-state index < -0.39 is 0 Å². The van der Waals surface area contributed by atoms with Crippen LogP contribution in [-0.4, -0.2) is 42.9 Å². The van der Waals surface area contributed by atoms with Crippen LogP contribution in [-0.2, 0) is 4.74 Å². The average Bonchev–Trinajstić information content (AvgIpc) is 2.39. The summed E-state index contributed by atoms with van der Waals surface area (Å²) in [5.41, 5.74) is 0.920. The Hall–Kier alpha value is -1.11. The summed E-state index contributed by atoms with van der Waals surface area (Å²) < 4.78 is 10.3. The Balaban J connectivity index is 2.38. The number of carbonyl (C=O) groups excluding carboxylic acids is 1. The van der Waals surface area contributed by atoms with E-state index in [-0.39, 0.29) is 19.1 Å². The van der Waals surface area contributed by atoms with E-state index in [0.717, 1.165) is 0 Å². The number of amides is 1. The molecule has 2 N–H and O–H groups in total. The highest BCUT2D eigenvalue weighted by Crippen LogP contribution is 2.13. The smallest absolute Gasteiger partial charge is 0.251 e. The maximum absolute atomic E-state index is 11.8. The van der Waals surface area contributed by atoms with Gasteiger partial charge in [0.2, 0.25) is 0 Å². The minimum atomic E-state index is -0.178. The van der Waals surface area contributed by atoms with Gasteiger partial charge in [0.1, 0.15) is 11.3 Å². The van der Waals surface area contributed by atoms with E-state index in [0.29, 0.717) is 30.0 Å². The van der Waals surface area contributed by atoms with Crippen LogP contribution < -0.4 is 10.1 Å². The SMILES string of the molecule is O=C(NCCOCCO)c1cccc(OCBr)c1. The molecule has 1 amide bonds. The molecule has 0 aromatic heterocycles. The molecule has 0 aliphatic heterocycles. The van der Waals surface area contributed by atoms with Gasteiger partial charge < -0.3 is 19.9 Å². The predicted octanol–water partition coefficient (Wildman–Crippen LogP) is 1.16. The molecule has 0 bridgehead atoms. The molecule has 0 spiro atoms. The van der Waals surface area contributed by atoms with E-state index in [4.69, 9.17) is 14.6 Å². The summed E-state index contributed by atoms with van der Waals surface area (Å²) in [5.74, 6) is 0.457. The second-order valence-corrected chi connectivity index (χ2v) is 3.83. The third-order valence-corrected chi connectivity index (χ3v) is 2.31.